The number of amides is 1. The summed E-state index contributed by atoms with van der Waals surface area (Å²) in [7, 11) is 0. The summed E-state index contributed by atoms with van der Waals surface area (Å²) in [6, 6.07) is 11.0. The van der Waals surface area contributed by atoms with Gasteiger partial charge in [0.05, 0.1) is 23.5 Å². The van der Waals surface area contributed by atoms with E-state index in [1.807, 2.05) is 30.3 Å². The maximum absolute atomic E-state index is 12.6. The highest BCUT2D eigenvalue weighted by Crippen LogP contribution is 2.15. The van der Waals surface area contributed by atoms with Crippen LogP contribution in [-0.4, -0.2) is 35.9 Å². The third-order valence-electron chi connectivity index (χ3n) is 3.65. The second kappa shape index (κ2) is 5.92. The average Bonchev–Trinajstić information content (AvgIpc) is 3.30. The first kappa shape index (κ1) is 14.1. The zero-order valence-corrected chi connectivity index (χ0v) is 12.5. The Morgan fingerprint density at radius 3 is 3.00 bits per heavy atom. The van der Waals surface area contributed by atoms with Crippen molar-refractivity contribution in [3.05, 3.63) is 66.5 Å². The summed E-state index contributed by atoms with van der Waals surface area (Å²) in [5.74, 6) is -0.201. The van der Waals surface area contributed by atoms with Crippen molar-refractivity contribution in [1.82, 2.24) is 35.3 Å². The van der Waals surface area contributed by atoms with Crippen LogP contribution in [0.25, 0.3) is 16.7 Å². The summed E-state index contributed by atoms with van der Waals surface area (Å²) >= 11 is 0. The van der Waals surface area contributed by atoms with Crippen LogP contribution in [0.1, 0.15) is 16.1 Å². The molecular formula is C16H13N7O. The van der Waals surface area contributed by atoms with E-state index in [2.05, 4.69) is 30.6 Å². The maximum Gasteiger partial charge on any atom is 0.253 e. The molecule has 0 saturated heterocycles. The van der Waals surface area contributed by atoms with Crippen molar-refractivity contribution in [3.8, 4) is 5.69 Å². The predicted octanol–water partition coefficient (Wildman–Crippen LogP) is 1.47. The lowest BCUT2D eigenvalue weighted by atomic mass is 10.1. The van der Waals surface area contributed by atoms with E-state index in [1.165, 1.54) is 6.33 Å². The third kappa shape index (κ3) is 2.50. The molecule has 3 heterocycles. The molecular weight excluding hydrogens is 306 g/mol. The van der Waals surface area contributed by atoms with E-state index in [1.54, 1.807) is 23.3 Å². The second-order valence-electron chi connectivity index (χ2n) is 5.12. The molecule has 8 nitrogen and oxygen atoms in total. The minimum absolute atomic E-state index is 0.201. The highest BCUT2D eigenvalue weighted by Gasteiger charge is 2.14. The highest BCUT2D eigenvalue weighted by atomic mass is 16.1. The van der Waals surface area contributed by atoms with Crippen molar-refractivity contribution in [3.63, 3.8) is 0 Å². The summed E-state index contributed by atoms with van der Waals surface area (Å²) in [4.78, 5) is 20.7. The first-order valence-electron chi connectivity index (χ1n) is 7.33. The number of rotatable bonds is 4. The van der Waals surface area contributed by atoms with Crippen LogP contribution in [0.4, 0.5) is 0 Å². The Labute approximate surface area is 136 Å². The Kier molecular flexibility index (Phi) is 3.47. The van der Waals surface area contributed by atoms with Gasteiger partial charge in [-0.1, -0.05) is 12.1 Å². The van der Waals surface area contributed by atoms with Crippen molar-refractivity contribution in [1.29, 1.82) is 0 Å². The number of benzene rings is 1. The van der Waals surface area contributed by atoms with Crippen LogP contribution in [0.5, 0.6) is 0 Å². The van der Waals surface area contributed by atoms with E-state index in [-0.39, 0.29) is 5.91 Å². The number of hydrogen-bond acceptors (Lipinski definition) is 5. The first-order chi connectivity index (χ1) is 11.8. The molecule has 0 atom stereocenters. The first-order valence-corrected chi connectivity index (χ1v) is 7.33. The van der Waals surface area contributed by atoms with E-state index in [4.69, 9.17) is 0 Å². The van der Waals surface area contributed by atoms with Gasteiger partial charge in [-0.3, -0.25) is 9.89 Å². The minimum Gasteiger partial charge on any atom is -0.346 e. The van der Waals surface area contributed by atoms with Crippen LogP contribution in [0.15, 0.2) is 55.2 Å². The Bertz CT molecular complexity index is 991. The Morgan fingerprint density at radius 1 is 1.21 bits per heavy atom. The molecule has 24 heavy (non-hydrogen) atoms. The summed E-state index contributed by atoms with van der Waals surface area (Å²) in [5.41, 5.74) is 2.63. The number of carbonyl (C=O) groups excluding carboxylic acids is 1. The minimum atomic E-state index is -0.201. The number of aromatic amines is 1. The maximum atomic E-state index is 12.6. The van der Waals surface area contributed by atoms with Crippen molar-refractivity contribution in [2.24, 2.45) is 0 Å². The molecule has 4 aromatic rings. The standard InChI is InChI=1S/C16H13N7O/c24-16(12-4-1-2-6-14(12)23-10-17-9-20-23)19-8-13-11-5-3-7-18-15(11)22-21-13/h1-7,9-10H,8H2,(H,19,24)(H,18,21,22). The molecule has 0 unspecified atom stereocenters. The average molecular weight is 319 g/mol. The largest absolute Gasteiger partial charge is 0.346 e. The molecule has 1 aromatic carbocycles. The number of carbonyl (C=O) groups is 1. The molecule has 0 bridgehead atoms. The van der Waals surface area contributed by atoms with Gasteiger partial charge in [0, 0.05) is 11.6 Å². The normalized spacial score (nSPS) is 10.8. The van der Waals surface area contributed by atoms with Crippen molar-refractivity contribution >= 4 is 16.9 Å². The molecule has 8 heteroatoms. The van der Waals surface area contributed by atoms with Gasteiger partial charge in [0.1, 0.15) is 12.7 Å². The molecule has 0 saturated carbocycles. The molecule has 1 amide bonds. The Morgan fingerprint density at radius 2 is 2.12 bits per heavy atom. The van der Waals surface area contributed by atoms with E-state index < -0.39 is 0 Å². The quantitative estimate of drug-likeness (QED) is 0.593. The van der Waals surface area contributed by atoms with Crippen molar-refractivity contribution < 1.29 is 4.79 Å². The van der Waals surface area contributed by atoms with Crippen molar-refractivity contribution in [2.45, 2.75) is 6.54 Å². The molecule has 0 spiro atoms. The molecule has 0 aliphatic heterocycles. The van der Waals surface area contributed by atoms with Gasteiger partial charge in [0.2, 0.25) is 0 Å². The monoisotopic (exact) mass is 319 g/mol. The molecule has 0 radical (unpaired) electrons. The fourth-order valence-corrected chi connectivity index (χ4v) is 2.50. The number of H-pyrrole nitrogens is 1. The van der Waals surface area contributed by atoms with Gasteiger partial charge in [0.15, 0.2) is 5.65 Å². The smallest absolute Gasteiger partial charge is 0.253 e. The number of fused-ring (bicyclic) bond motifs is 1. The number of para-hydroxylation sites is 1. The zero-order chi connectivity index (χ0) is 16.4. The van der Waals surface area contributed by atoms with Gasteiger partial charge in [-0.25, -0.2) is 14.6 Å². The third-order valence-corrected chi connectivity index (χ3v) is 3.65. The van der Waals surface area contributed by atoms with Crippen LogP contribution in [-0.2, 0) is 6.54 Å². The van der Waals surface area contributed by atoms with Crippen LogP contribution in [0, 0.1) is 0 Å². The summed E-state index contributed by atoms with van der Waals surface area (Å²) in [6.07, 6.45) is 4.67. The fraction of sp³-hybridized carbons (Fsp3) is 0.0625. The van der Waals surface area contributed by atoms with Gasteiger partial charge >= 0.3 is 0 Å². The summed E-state index contributed by atoms with van der Waals surface area (Å²) in [5, 5.41) is 14.9. The van der Waals surface area contributed by atoms with Gasteiger partial charge in [-0.2, -0.15) is 10.2 Å². The van der Waals surface area contributed by atoms with Gasteiger partial charge in [-0.15, -0.1) is 0 Å². The number of nitrogens with one attached hydrogen (secondary N) is 2. The Balaban J connectivity index is 1.57. The molecule has 0 aliphatic rings. The van der Waals surface area contributed by atoms with Gasteiger partial charge in [-0.05, 0) is 24.3 Å². The van der Waals surface area contributed by atoms with E-state index >= 15 is 0 Å². The lowest BCUT2D eigenvalue weighted by molar-refractivity contribution is 0.0950. The molecule has 0 fully saturated rings. The SMILES string of the molecule is O=C(NCc1[nH]nc2ncccc12)c1ccccc1-n1cncn1. The van der Waals surface area contributed by atoms with Crippen LogP contribution in [0.3, 0.4) is 0 Å². The molecule has 118 valence electrons. The number of nitrogens with zero attached hydrogens (tertiary/aromatic N) is 5. The van der Waals surface area contributed by atoms with E-state index in [0.717, 1.165) is 11.1 Å². The fourth-order valence-electron chi connectivity index (χ4n) is 2.50. The lowest BCUT2D eigenvalue weighted by Crippen LogP contribution is -2.24. The van der Waals surface area contributed by atoms with Gasteiger partial charge < -0.3 is 5.32 Å². The van der Waals surface area contributed by atoms with Gasteiger partial charge in [0.25, 0.3) is 5.91 Å². The van der Waals surface area contributed by atoms with Crippen LogP contribution in [0.2, 0.25) is 0 Å². The zero-order valence-electron chi connectivity index (χ0n) is 12.5. The number of pyridine rings is 1. The lowest BCUT2D eigenvalue weighted by Gasteiger charge is -2.09. The van der Waals surface area contributed by atoms with Crippen LogP contribution < -0.4 is 5.32 Å². The molecule has 0 aliphatic carbocycles. The highest BCUT2D eigenvalue weighted by molar-refractivity contribution is 5.97. The van der Waals surface area contributed by atoms with E-state index in [9.17, 15) is 4.79 Å². The number of hydrogen-bond donors (Lipinski definition) is 2. The van der Waals surface area contributed by atoms with Crippen LogP contribution >= 0.6 is 0 Å². The van der Waals surface area contributed by atoms with E-state index in [0.29, 0.717) is 23.4 Å². The summed E-state index contributed by atoms with van der Waals surface area (Å²) in [6.45, 7) is 0.326. The van der Waals surface area contributed by atoms with Crippen molar-refractivity contribution in [2.75, 3.05) is 0 Å². The molecule has 3 aromatic heterocycles. The Hall–Kier alpha value is -3.55. The second-order valence-corrected chi connectivity index (χ2v) is 5.12. The molecule has 2 N–H and O–H groups in total. The number of aromatic nitrogens is 6. The summed E-state index contributed by atoms with van der Waals surface area (Å²) < 4.78 is 1.56. The molecule has 4 rings (SSSR count). The topological polar surface area (TPSA) is 101 Å². The predicted molar refractivity (Wildman–Crippen MR) is 86.4 cm³/mol.